The fourth-order valence-electron chi connectivity index (χ4n) is 2.67. The van der Waals surface area contributed by atoms with Gasteiger partial charge in [-0.05, 0) is 35.6 Å². The summed E-state index contributed by atoms with van der Waals surface area (Å²) in [6.07, 6.45) is 2.16. The predicted octanol–water partition coefficient (Wildman–Crippen LogP) is 3.16. The molecule has 3 rings (SSSR count). The van der Waals surface area contributed by atoms with E-state index in [4.69, 9.17) is 4.42 Å². The molecule has 1 aromatic heterocycles. The Morgan fingerprint density at radius 1 is 1.15 bits per heavy atom. The fraction of sp³-hybridized carbons (Fsp3) is 0.333. The summed E-state index contributed by atoms with van der Waals surface area (Å²) in [4.78, 5) is 0. The van der Waals surface area contributed by atoms with Crippen LogP contribution in [0.2, 0.25) is 0 Å². The zero-order valence-corrected chi connectivity index (χ0v) is 12.4. The summed E-state index contributed by atoms with van der Waals surface area (Å²) in [6.45, 7) is 4.75. The third kappa shape index (κ3) is 1.93. The highest BCUT2D eigenvalue weighted by Gasteiger charge is 2.37. The number of para-hydroxylation sites is 1. The van der Waals surface area contributed by atoms with Crippen molar-refractivity contribution in [3.05, 3.63) is 48.2 Å². The molecular weight excluding hydrogens is 274 g/mol. The highest BCUT2D eigenvalue weighted by molar-refractivity contribution is 7.92. The van der Waals surface area contributed by atoms with Crippen LogP contribution in [0.5, 0.6) is 0 Å². The Balaban J connectivity index is 2.14. The zero-order chi connectivity index (χ0) is 14.4. The lowest BCUT2D eigenvalue weighted by Gasteiger charge is -2.38. The molecule has 0 amide bonds. The maximum atomic E-state index is 12.7. The Hall–Kier alpha value is -1.75. The second kappa shape index (κ2) is 4.38. The quantitative estimate of drug-likeness (QED) is 0.854. The van der Waals surface area contributed by atoms with E-state index in [-0.39, 0.29) is 10.5 Å². The van der Waals surface area contributed by atoms with Gasteiger partial charge in [0.05, 0.1) is 12.0 Å². The number of furan rings is 1. The van der Waals surface area contributed by atoms with E-state index in [1.54, 1.807) is 6.07 Å². The van der Waals surface area contributed by atoms with Crippen molar-refractivity contribution < 1.29 is 12.8 Å². The molecule has 0 unspecified atom stereocenters. The van der Waals surface area contributed by atoms with E-state index in [2.05, 4.69) is 13.8 Å². The van der Waals surface area contributed by atoms with Crippen LogP contribution in [0.3, 0.4) is 0 Å². The van der Waals surface area contributed by atoms with E-state index in [0.29, 0.717) is 6.54 Å². The van der Waals surface area contributed by atoms with Gasteiger partial charge in [0.2, 0.25) is 5.09 Å². The van der Waals surface area contributed by atoms with Gasteiger partial charge in [-0.1, -0.05) is 32.0 Å². The van der Waals surface area contributed by atoms with Crippen molar-refractivity contribution >= 4 is 15.7 Å². The monoisotopic (exact) mass is 291 g/mol. The number of nitrogens with zero attached hydrogens (tertiary/aromatic N) is 1. The Morgan fingerprint density at radius 2 is 1.90 bits per heavy atom. The summed E-state index contributed by atoms with van der Waals surface area (Å²) >= 11 is 0. The highest BCUT2D eigenvalue weighted by Crippen LogP contribution is 2.41. The summed E-state index contributed by atoms with van der Waals surface area (Å²) in [5, 5.41) is -0.00740. The highest BCUT2D eigenvalue weighted by atomic mass is 32.2. The van der Waals surface area contributed by atoms with E-state index in [9.17, 15) is 8.42 Å². The Kier molecular flexibility index (Phi) is 2.90. The van der Waals surface area contributed by atoms with Crippen LogP contribution in [0.15, 0.2) is 52.2 Å². The van der Waals surface area contributed by atoms with E-state index >= 15 is 0 Å². The molecular formula is C15H17NO3S. The van der Waals surface area contributed by atoms with Crippen molar-refractivity contribution in [2.45, 2.75) is 30.8 Å². The fourth-order valence-corrected chi connectivity index (χ4v) is 4.06. The number of benzene rings is 1. The molecule has 2 aromatic rings. The molecule has 0 aliphatic carbocycles. The van der Waals surface area contributed by atoms with Gasteiger partial charge < -0.3 is 4.42 Å². The molecule has 0 saturated heterocycles. The van der Waals surface area contributed by atoms with Crippen LogP contribution in [0.25, 0.3) is 0 Å². The lowest BCUT2D eigenvalue weighted by Crippen LogP contribution is -2.40. The molecule has 0 radical (unpaired) electrons. The van der Waals surface area contributed by atoms with E-state index < -0.39 is 10.0 Å². The molecule has 20 heavy (non-hydrogen) atoms. The Morgan fingerprint density at radius 3 is 2.60 bits per heavy atom. The van der Waals surface area contributed by atoms with Gasteiger partial charge in [-0.25, -0.2) is 0 Å². The van der Waals surface area contributed by atoms with Gasteiger partial charge in [0.1, 0.15) is 0 Å². The lowest BCUT2D eigenvalue weighted by molar-refractivity contribution is 0.439. The van der Waals surface area contributed by atoms with Crippen molar-refractivity contribution in [2.24, 2.45) is 0 Å². The molecule has 0 spiro atoms. The van der Waals surface area contributed by atoms with Crippen molar-refractivity contribution in [2.75, 3.05) is 10.8 Å². The van der Waals surface area contributed by atoms with E-state index in [0.717, 1.165) is 17.7 Å². The number of sulfonamides is 1. The first-order valence-corrected chi connectivity index (χ1v) is 8.03. The molecule has 106 valence electrons. The first-order chi connectivity index (χ1) is 9.43. The summed E-state index contributed by atoms with van der Waals surface area (Å²) in [6, 6.07) is 10.7. The number of hydrogen-bond donors (Lipinski definition) is 0. The van der Waals surface area contributed by atoms with Crippen molar-refractivity contribution in [3.8, 4) is 0 Å². The van der Waals surface area contributed by atoms with Crippen LogP contribution >= 0.6 is 0 Å². The first kappa shape index (κ1) is 13.2. The molecule has 2 heterocycles. The molecule has 0 atom stereocenters. The molecule has 0 fully saturated rings. The first-order valence-electron chi connectivity index (χ1n) is 6.59. The standard InChI is InChI=1S/C15H17NO3S/c1-15(2)9-10-16(13-7-4-3-6-12(13)15)20(17,18)14-8-5-11-19-14/h3-8,11H,9-10H2,1-2H3. The summed E-state index contributed by atoms with van der Waals surface area (Å²) in [5.41, 5.74) is 1.78. The minimum Gasteiger partial charge on any atom is -0.451 e. The molecule has 4 nitrogen and oxygen atoms in total. The average molecular weight is 291 g/mol. The summed E-state index contributed by atoms with van der Waals surface area (Å²) < 4.78 is 31.8. The SMILES string of the molecule is CC1(C)CCN(S(=O)(=O)c2ccco2)c2ccccc21. The van der Waals surface area contributed by atoms with Crippen LogP contribution in [-0.2, 0) is 15.4 Å². The van der Waals surface area contributed by atoms with Crippen LogP contribution in [0.4, 0.5) is 5.69 Å². The minimum atomic E-state index is -3.62. The molecule has 1 aliphatic heterocycles. The van der Waals surface area contributed by atoms with Crippen LogP contribution in [-0.4, -0.2) is 15.0 Å². The zero-order valence-electron chi connectivity index (χ0n) is 11.5. The number of fused-ring (bicyclic) bond motifs is 1. The minimum absolute atomic E-state index is 0.00740. The average Bonchev–Trinajstić information content (AvgIpc) is 2.93. The molecule has 0 bridgehead atoms. The third-order valence-electron chi connectivity index (χ3n) is 3.88. The third-order valence-corrected chi connectivity index (χ3v) is 5.58. The van der Waals surface area contributed by atoms with E-state index in [1.807, 2.05) is 24.3 Å². The van der Waals surface area contributed by atoms with Crippen molar-refractivity contribution in [1.29, 1.82) is 0 Å². The molecule has 5 heteroatoms. The van der Waals surface area contributed by atoms with Crippen LogP contribution < -0.4 is 4.31 Å². The van der Waals surface area contributed by atoms with Gasteiger partial charge in [0.25, 0.3) is 10.0 Å². The van der Waals surface area contributed by atoms with Gasteiger partial charge >= 0.3 is 0 Å². The number of rotatable bonds is 2. The number of anilines is 1. The summed E-state index contributed by atoms with van der Waals surface area (Å²) in [7, 11) is -3.62. The Bertz CT molecular complexity index is 717. The summed E-state index contributed by atoms with van der Waals surface area (Å²) in [5.74, 6) is 0. The molecule has 1 aliphatic rings. The van der Waals surface area contributed by atoms with Gasteiger partial charge in [0.15, 0.2) is 0 Å². The Labute approximate surface area is 119 Å². The van der Waals surface area contributed by atoms with E-state index in [1.165, 1.54) is 16.6 Å². The van der Waals surface area contributed by atoms with Crippen molar-refractivity contribution in [3.63, 3.8) is 0 Å². The largest absolute Gasteiger partial charge is 0.451 e. The number of hydrogen-bond acceptors (Lipinski definition) is 3. The smallest absolute Gasteiger partial charge is 0.297 e. The van der Waals surface area contributed by atoms with Gasteiger partial charge in [-0.2, -0.15) is 8.42 Å². The van der Waals surface area contributed by atoms with Crippen LogP contribution in [0, 0.1) is 0 Å². The molecule has 1 aromatic carbocycles. The van der Waals surface area contributed by atoms with Gasteiger partial charge in [-0.3, -0.25) is 4.31 Å². The molecule has 0 saturated carbocycles. The van der Waals surface area contributed by atoms with Gasteiger partial charge in [0, 0.05) is 6.54 Å². The maximum absolute atomic E-state index is 12.7. The maximum Gasteiger partial charge on any atom is 0.297 e. The van der Waals surface area contributed by atoms with Crippen LogP contribution in [0.1, 0.15) is 25.8 Å². The normalized spacial score (nSPS) is 17.8. The topological polar surface area (TPSA) is 50.5 Å². The van der Waals surface area contributed by atoms with Crippen molar-refractivity contribution in [1.82, 2.24) is 0 Å². The second-order valence-corrected chi connectivity index (χ2v) is 7.45. The predicted molar refractivity (Wildman–Crippen MR) is 77.3 cm³/mol. The molecule has 0 N–H and O–H groups in total. The second-order valence-electron chi connectivity index (χ2n) is 5.66. The lowest BCUT2D eigenvalue weighted by atomic mass is 9.78. The van der Waals surface area contributed by atoms with Gasteiger partial charge in [-0.15, -0.1) is 0 Å².